The summed E-state index contributed by atoms with van der Waals surface area (Å²) in [5.41, 5.74) is 0. The number of hydrogen-bond donors (Lipinski definition) is 0. The Balaban J connectivity index is 4.58. The molecule has 0 aliphatic carbocycles. The second kappa shape index (κ2) is 58.4. The minimum absolute atomic E-state index is 0.123. The Bertz CT molecular complexity index is 1500. The van der Waals surface area contributed by atoms with Gasteiger partial charge in [-0.1, -0.05) is 226 Å². The van der Waals surface area contributed by atoms with Gasteiger partial charge in [0.15, 0.2) is 6.10 Å². The number of esters is 3. The fourth-order valence-corrected chi connectivity index (χ4v) is 7.52. The SMILES string of the molecule is CCCCC/C=C\C/C=C\C/C=C\C/C=C\C/C=C\CCC(=O)O[C@H](COC(=O)CCCCC/C=C\C/C=C\C/C=C\C/C=C\CCCCC)COC(=O)CCCCCCCCC/C=C\CCCCCC. The number of ether oxygens (including phenoxy) is 3. The molecule has 0 bridgehead atoms. The number of hydrogen-bond acceptors (Lipinski definition) is 6. The maximum atomic E-state index is 12.8. The largest absolute Gasteiger partial charge is 0.462 e. The number of allylic oxidation sites excluding steroid dienone is 20. The molecule has 0 aromatic carbocycles. The van der Waals surface area contributed by atoms with E-state index in [-0.39, 0.29) is 31.6 Å². The molecule has 0 N–H and O–H groups in total. The smallest absolute Gasteiger partial charge is 0.306 e. The quantitative estimate of drug-likeness (QED) is 0.0261. The van der Waals surface area contributed by atoms with E-state index in [0.717, 1.165) is 89.9 Å². The lowest BCUT2D eigenvalue weighted by molar-refractivity contribution is -0.166. The lowest BCUT2D eigenvalue weighted by Crippen LogP contribution is -2.30. The van der Waals surface area contributed by atoms with Crippen molar-refractivity contribution in [3.8, 4) is 0 Å². The minimum atomic E-state index is -0.837. The van der Waals surface area contributed by atoms with E-state index in [9.17, 15) is 14.4 Å². The van der Waals surface area contributed by atoms with Crippen molar-refractivity contribution in [1.29, 1.82) is 0 Å². The Labute approximate surface area is 437 Å². The fourth-order valence-electron chi connectivity index (χ4n) is 7.52. The molecule has 71 heavy (non-hydrogen) atoms. The summed E-state index contributed by atoms with van der Waals surface area (Å²) in [6.07, 6.45) is 80.5. The first-order valence-electron chi connectivity index (χ1n) is 29.0. The number of carbonyl (C=O) groups is 3. The minimum Gasteiger partial charge on any atom is -0.462 e. The molecule has 0 aliphatic rings. The molecule has 6 nitrogen and oxygen atoms in total. The van der Waals surface area contributed by atoms with Gasteiger partial charge < -0.3 is 14.2 Å². The summed E-state index contributed by atoms with van der Waals surface area (Å²) in [6.45, 7) is 6.47. The van der Waals surface area contributed by atoms with Crippen LogP contribution < -0.4 is 0 Å². The van der Waals surface area contributed by atoms with Crippen LogP contribution in [-0.4, -0.2) is 37.2 Å². The van der Waals surface area contributed by atoms with Crippen LogP contribution in [0.15, 0.2) is 122 Å². The van der Waals surface area contributed by atoms with Gasteiger partial charge in [-0.15, -0.1) is 0 Å². The van der Waals surface area contributed by atoms with Crippen LogP contribution >= 0.6 is 0 Å². The van der Waals surface area contributed by atoms with E-state index >= 15 is 0 Å². The van der Waals surface area contributed by atoms with E-state index in [1.165, 1.54) is 116 Å². The molecule has 0 rings (SSSR count). The molecule has 0 amide bonds. The summed E-state index contributed by atoms with van der Waals surface area (Å²) in [5.74, 6) is -1.04. The van der Waals surface area contributed by atoms with Crippen molar-refractivity contribution in [2.75, 3.05) is 13.2 Å². The summed E-state index contributed by atoms with van der Waals surface area (Å²) in [6, 6.07) is 0. The third-order valence-electron chi connectivity index (χ3n) is 11.9. The van der Waals surface area contributed by atoms with Gasteiger partial charge in [0.1, 0.15) is 13.2 Å². The molecule has 0 fully saturated rings. The Morgan fingerprint density at radius 1 is 0.282 bits per heavy atom. The number of rotatable bonds is 51. The van der Waals surface area contributed by atoms with Crippen LogP contribution in [0.3, 0.4) is 0 Å². The topological polar surface area (TPSA) is 78.9 Å². The van der Waals surface area contributed by atoms with Crippen LogP contribution in [0, 0.1) is 0 Å². The molecule has 0 aromatic rings. The van der Waals surface area contributed by atoms with Crippen molar-refractivity contribution in [3.05, 3.63) is 122 Å². The molecule has 0 aliphatic heterocycles. The van der Waals surface area contributed by atoms with Gasteiger partial charge in [0.25, 0.3) is 0 Å². The van der Waals surface area contributed by atoms with Crippen LogP contribution in [0.2, 0.25) is 0 Å². The molecule has 0 saturated heterocycles. The average Bonchev–Trinajstić information content (AvgIpc) is 3.37. The standard InChI is InChI=1S/C65H106O6/c1-4-7-10-13-16-19-22-25-28-30-32-34-37-40-43-46-49-52-55-58-64(67)70-61-62(60-69-63(66)57-54-51-48-45-42-39-36-27-24-21-18-15-12-9-6-3)71-65(68)59-56-53-50-47-44-41-38-35-33-31-29-26-23-20-17-14-11-8-5-2/h16-17,19-21,24-26,28-29,32-35,40-41,43-44,50,53,62H,4-15,18,22-23,27,30-31,36-39,42,45-49,51-52,54-61H2,1-3H3/b19-16-,20-17-,24-21-,28-25-,29-26-,34-32-,35-33-,43-40-,44-41-,53-50-/t62-/m0/s1. The number of carbonyl (C=O) groups excluding carboxylic acids is 3. The zero-order valence-electron chi connectivity index (χ0n) is 45.9. The molecular weight excluding hydrogens is 877 g/mol. The van der Waals surface area contributed by atoms with Crippen molar-refractivity contribution in [2.24, 2.45) is 0 Å². The van der Waals surface area contributed by atoms with Crippen LogP contribution in [0.25, 0.3) is 0 Å². The van der Waals surface area contributed by atoms with Crippen molar-refractivity contribution in [2.45, 2.75) is 258 Å². The molecule has 0 unspecified atom stereocenters. The molecule has 0 saturated carbocycles. The molecule has 0 heterocycles. The third kappa shape index (κ3) is 56.6. The Kier molecular flexibility index (Phi) is 54.9. The molecule has 402 valence electrons. The van der Waals surface area contributed by atoms with E-state index in [2.05, 4.69) is 130 Å². The van der Waals surface area contributed by atoms with Crippen LogP contribution in [-0.2, 0) is 28.6 Å². The van der Waals surface area contributed by atoms with E-state index in [1.54, 1.807) is 0 Å². The van der Waals surface area contributed by atoms with E-state index in [1.807, 2.05) is 12.2 Å². The second-order valence-electron chi connectivity index (χ2n) is 18.8. The third-order valence-corrected chi connectivity index (χ3v) is 11.9. The maximum Gasteiger partial charge on any atom is 0.306 e. The van der Waals surface area contributed by atoms with Gasteiger partial charge in [0.05, 0.1) is 0 Å². The first-order chi connectivity index (χ1) is 35.0. The summed E-state index contributed by atoms with van der Waals surface area (Å²) >= 11 is 0. The molecule has 0 radical (unpaired) electrons. The van der Waals surface area contributed by atoms with E-state index < -0.39 is 12.1 Å². The van der Waals surface area contributed by atoms with Crippen LogP contribution in [0.4, 0.5) is 0 Å². The van der Waals surface area contributed by atoms with Gasteiger partial charge >= 0.3 is 17.9 Å². The van der Waals surface area contributed by atoms with Crippen LogP contribution in [0.1, 0.15) is 252 Å². The molecule has 1 atom stereocenters. The second-order valence-corrected chi connectivity index (χ2v) is 18.8. The number of unbranched alkanes of at least 4 members (excludes halogenated alkanes) is 20. The fraction of sp³-hybridized carbons (Fsp3) is 0.646. The average molecular weight is 984 g/mol. The molecular formula is C65H106O6. The zero-order chi connectivity index (χ0) is 51.4. The lowest BCUT2D eigenvalue weighted by Gasteiger charge is -2.18. The highest BCUT2D eigenvalue weighted by Gasteiger charge is 2.19. The first-order valence-corrected chi connectivity index (χ1v) is 29.0. The van der Waals surface area contributed by atoms with E-state index in [0.29, 0.717) is 19.3 Å². The monoisotopic (exact) mass is 983 g/mol. The summed E-state index contributed by atoms with van der Waals surface area (Å²) in [4.78, 5) is 38.1. The molecule has 6 heteroatoms. The highest BCUT2D eigenvalue weighted by molar-refractivity contribution is 5.71. The van der Waals surface area contributed by atoms with E-state index in [4.69, 9.17) is 14.2 Å². The maximum absolute atomic E-state index is 12.8. The van der Waals surface area contributed by atoms with Gasteiger partial charge in [0.2, 0.25) is 0 Å². The Hall–Kier alpha value is -4.19. The van der Waals surface area contributed by atoms with Gasteiger partial charge in [0, 0.05) is 19.3 Å². The lowest BCUT2D eigenvalue weighted by atomic mass is 10.1. The zero-order valence-corrected chi connectivity index (χ0v) is 45.9. The molecule has 0 aromatic heterocycles. The summed E-state index contributed by atoms with van der Waals surface area (Å²) < 4.78 is 16.8. The van der Waals surface area contributed by atoms with Gasteiger partial charge in [-0.25, -0.2) is 0 Å². The normalized spacial score (nSPS) is 13.0. The predicted molar refractivity (Wildman–Crippen MR) is 306 cm³/mol. The van der Waals surface area contributed by atoms with Crippen molar-refractivity contribution < 1.29 is 28.6 Å². The van der Waals surface area contributed by atoms with Crippen LogP contribution in [0.5, 0.6) is 0 Å². The van der Waals surface area contributed by atoms with Crippen molar-refractivity contribution in [1.82, 2.24) is 0 Å². The van der Waals surface area contributed by atoms with Crippen molar-refractivity contribution >= 4 is 17.9 Å². The Morgan fingerprint density at radius 3 is 0.901 bits per heavy atom. The highest BCUT2D eigenvalue weighted by atomic mass is 16.6. The van der Waals surface area contributed by atoms with Gasteiger partial charge in [-0.2, -0.15) is 0 Å². The van der Waals surface area contributed by atoms with Gasteiger partial charge in [-0.3, -0.25) is 14.4 Å². The summed E-state index contributed by atoms with van der Waals surface area (Å²) in [5, 5.41) is 0. The predicted octanol–water partition coefficient (Wildman–Crippen LogP) is 19.6. The molecule has 0 spiro atoms. The Morgan fingerprint density at radius 2 is 0.535 bits per heavy atom. The summed E-state index contributed by atoms with van der Waals surface area (Å²) in [7, 11) is 0. The first kappa shape index (κ1) is 66.8. The van der Waals surface area contributed by atoms with Crippen molar-refractivity contribution in [3.63, 3.8) is 0 Å². The van der Waals surface area contributed by atoms with Gasteiger partial charge in [-0.05, 0) is 128 Å². The highest BCUT2D eigenvalue weighted by Crippen LogP contribution is 2.13.